The van der Waals surface area contributed by atoms with Crippen LogP contribution in [0.15, 0.2) is 30.5 Å². The number of aromatic nitrogens is 6. The van der Waals surface area contributed by atoms with Crippen molar-refractivity contribution in [2.75, 3.05) is 39.2 Å². The molecule has 4 aromatic rings. The van der Waals surface area contributed by atoms with E-state index < -0.39 is 18.6 Å². The summed E-state index contributed by atoms with van der Waals surface area (Å²) in [5.41, 5.74) is 3.54. The zero-order chi connectivity index (χ0) is 23.2. The maximum Gasteiger partial charge on any atom is 0.280 e. The molecule has 5 rings (SSSR count). The molecule has 3 aromatic heterocycles. The molecule has 1 aliphatic rings. The zero-order valence-corrected chi connectivity index (χ0v) is 18.2. The maximum atomic E-state index is 14.5. The van der Waals surface area contributed by atoms with Gasteiger partial charge in [-0.3, -0.25) is 0 Å². The van der Waals surface area contributed by atoms with E-state index in [2.05, 4.69) is 25.7 Å². The van der Waals surface area contributed by atoms with Crippen LogP contribution in [0, 0.1) is 0 Å². The van der Waals surface area contributed by atoms with Gasteiger partial charge in [0, 0.05) is 18.3 Å². The van der Waals surface area contributed by atoms with Gasteiger partial charge in [0.2, 0.25) is 11.8 Å². The summed E-state index contributed by atoms with van der Waals surface area (Å²) in [6, 6.07) is 6.31. The van der Waals surface area contributed by atoms with Gasteiger partial charge < -0.3 is 15.0 Å². The van der Waals surface area contributed by atoms with E-state index >= 15 is 0 Å². The predicted octanol–water partition coefficient (Wildman–Crippen LogP) is 2.87. The van der Waals surface area contributed by atoms with Crippen LogP contribution in [-0.2, 0) is 6.54 Å². The molecule has 0 spiro atoms. The highest BCUT2D eigenvalue weighted by Gasteiger charge is 2.44. The highest BCUT2D eigenvalue weighted by molar-refractivity contribution is 5.89. The van der Waals surface area contributed by atoms with Crippen molar-refractivity contribution in [1.29, 1.82) is 0 Å². The van der Waals surface area contributed by atoms with Crippen LogP contribution < -0.4 is 10.1 Å². The molecular formula is C21H23F3N8O. The van der Waals surface area contributed by atoms with Crippen LogP contribution in [0.25, 0.3) is 27.7 Å². The topological polar surface area (TPSA) is 85.4 Å². The van der Waals surface area contributed by atoms with Gasteiger partial charge in [-0.1, -0.05) is 11.3 Å². The van der Waals surface area contributed by atoms with Crippen molar-refractivity contribution < 1.29 is 17.9 Å². The molecule has 0 aliphatic carbocycles. The molecule has 1 atom stereocenters. The van der Waals surface area contributed by atoms with Crippen molar-refractivity contribution in [3.8, 4) is 17.0 Å². The van der Waals surface area contributed by atoms with E-state index in [-0.39, 0.29) is 31.3 Å². The summed E-state index contributed by atoms with van der Waals surface area (Å²) in [5, 5.41) is 15.2. The number of nitrogens with one attached hydrogen (secondary N) is 1. The number of benzene rings is 1. The molecule has 1 unspecified atom stereocenters. The molecule has 0 bridgehead atoms. The molecule has 1 aromatic carbocycles. The Kier molecular flexibility index (Phi) is 5.31. The third-order valence-electron chi connectivity index (χ3n) is 5.89. The molecule has 9 nitrogen and oxygen atoms in total. The number of alkyl halides is 3. The fourth-order valence-corrected chi connectivity index (χ4v) is 4.25. The zero-order valence-electron chi connectivity index (χ0n) is 18.2. The Morgan fingerprint density at radius 2 is 2.12 bits per heavy atom. The lowest BCUT2D eigenvalue weighted by Gasteiger charge is -2.36. The summed E-state index contributed by atoms with van der Waals surface area (Å²) in [4.78, 5) is 5.97. The minimum Gasteiger partial charge on any atom is -0.479 e. The molecule has 33 heavy (non-hydrogen) atoms. The van der Waals surface area contributed by atoms with Crippen LogP contribution in [0.3, 0.4) is 0 Å². The molecule has 1 fully saturated rings. The Balaban J connectivity index is 1.52. The number of methoxy groups -OCH3 is 1. The Morgan fingerprint density at radius 1 is 1.27 bits per heavy atom. The quantitative estimate of drug-likeness (QED) is 0.474. The lowest BCUT2D eigenvalue weighted by atomic mass is 10.0. The molecule has 174 valence electrons. The smallest absolute Gasteiger partial charge is 0.280 e. The first kappa shape index (κ1) is 21.4. The van der Waals surface area contributed by atoms with Gasteiger partial charge in [0.25, 0.3) is 5.92 Å². The Bertz CT molecular complexity index is 1300. The number of hydrogen-bond donors (Lipinski definition) is 1. The second-order valence-corrected chi connectivity index (χ2v) is 8.16. The fourth-order valence-electron chi connectivity index (χ4n) is 4.25. The number of piperidine rings is 1. The predicted molar refractivity (Wildman–Crippen MR) is 117 cm³/mol. The highest BCUT2D eigenvalue weighted by Crippen LogP contribution is 2.34. The Hall–Kier alpha value is -3.41. The van der Waals surface area contributed by atoms with E-state index in [4.69, 9.17) is 4.74 Å². The average molecular weight is 460 g/mol. The largest absolute Gasteiger partial charge is 0.479 e. The normalized spacial score (nSPS) is 18.8. The van der Waals surface area contributed by atoms with Crippen LogP contribution in [-0.4, -0.2) is 80.4 Å². The molecule has 12 heteroatoms. The van der Waals surface area contributed by atoms with E-state index in [1.165, 1.54) is 11.8 Å². The number of anilines is 1. The number of hydrogen-bond acceptors (Lipinski definition) is 7. The van der Waals surface area contributed by atoms with E-state index in [0.717, 1.165) is 11.1 Å². The van der Waals surface area contributed by atoms with E-state index in [1.54, 1.807) is 28.7 Å². The van der Waals surface area contributed by atoms with Crippen LogP contribution in [0.1, 0.15) is 6.42 Å². The first-order chi connectivity index (χ1) is 15.9. The highest BCUT2D eigenvalue weighted by atomic mass is 19.3. The van der Waals surface area contributed by atoms with Gasteiger partial charge in [-0.15, -0.1) is 10.2 Å². The summed E-state index contributed by atoms with van der Waals surface area (Å²) in [6.45, 7) is -0.213. The van der Waals surface area contributed by atoms with E-state index in [9.17, 15) is 13.2 Å². The fraction of sp³-hybridized carbons (Fsp3) is 0.429. The second kappa shape index (κ2) is 8.18. The Labute approximate surface area is 187 Å². The van der Waals surface area contributed by atoms with Crippen LogP contribution >= 0.6 is 0 Å². The molecule has 1 aliphatic heterocycles. The molecule has 0 amide bonds. The van der Waals surface area contributed by atoms with Gasteiger partial charge in [0.1, 0.15) is 17.7 Å². The van der Waals surface area contributed by atoms with Crippen molar-refractivity contribution in [2.24, 2.45) is 0 Å². The molecular weight excluding hydrogens is 437 g/mol. The van der Waals surface area contributed by atoms with Gasteiger partial charge in [0.15, 0.2) is 0 Å². The van der Waals surface area contributed by atoms with E-state index in [1.807, 2.05) is 18.2 Å². The van der Waals surface area contributed by atoms with Crippen molar-refractivity contribution in [3.63, 3.8) is 0 Å². The van der Waals surface area contributed by atoms with Gasteiger partial charge >= 0.3 is 0 Å². The third-order valence-corrected chi connectivity index (χ3v) is 5.89. The van der Waals surface area contributed by atoms with E-state index in [0.29, 0.717) is 23.1 Å². The number of fused-ring (bicyclic) bond motifs is 2. The number of likely N-dealkylation sites (tertiary alicyclic amines) is 1. The summed E-state index contributed by atoms with van der Waals surface area (Å²) >= 11 is 0. The summed E-state index contributed by atoms with van der Waals surface area (Å²) in [7, 11) is 3.14. The van der Waals surface area contributed by atoms with Crippen molar-refractivity contribution in [3.05, 3.63) is 30.5 Å². The van der Waals surface area contributed by atoms with Crippen molar-refractivity contribution in [2.45, 2.75) is 24.9 Å². The number of rotatable bonds is 6. The van der Waals surface area contributed by atoms with Gasteiger partial charge in [-0.2, -0.15) is 4.98 Å². The first-order valence-electron chi connectivity index (χ1n) is 10.6. The number of nitrogens with zero attached hydrogens (tertiary/aromatic N) is 7. The Morgan fingerprint density at radius 3 is 2.88 bits per heavy atom. The van der Waals surface area contributed by atoms with Crippen molar-refractivity contribution in [1.82, 2.24) is 34.5 Å². The maximum absolute atomic E-state index is 14.5. The molecule has 4 heterocycles. The lowest BCUT2D eigenvalue weighted by Crippen LogP contribution is -2.53. The van der Waals surface area contributed by atoms with Crippen LogP contribution in [0.2, 0.25) is 0 Å². The average Bonchev–Trinajstić information content (AvgIpc) is 3.39. The van der Waals surface area contributed by atoms with Gasteiger partial charge in [-0.25, -0.2) is 22.4 Å². The lowest BCUT2D eigenvalue weighted by molar-refractivity contribution is -0.0675. The minimum atomic E-state index is -2.91. The summed E-state index contributed by atoms with van der Waals surface area (Å²) < 4.78 is 50.4. The first-order valence-corrected chi connectivity index (χ1v) is 10.6. The standard InChI is InChI=1S/C21H23F3N8O/c1-30-8-6-17(21(23,24)12-30)25-20-26-19(33-2)18-14(5-9-32(18)28-20)13-3-4-15-16(11-13)31(10-7-22)29-27-15/h3-5,9,11,17H,6-8,10,12H2,1-2H3,(H,25,28). The minimum absolute atomic E-state index is 0.0661. The number of aryl methyl sites for hydroxylation is 1. The third kappa shape index (κ3) is 3.84. The van der Waals surface area contributed by atoms with Gasteiger partial charge in [-0.05, 0) is 37.2 Å². The molecule has 1 N–H and O–H groups in total. The summed E-state index contributed by atoms with van der Waals surface area (Å²) in [6.07, 6.45) is 1.99. The molecule has 1 saturated heterocycles. The number of halogens is 3. The second-order valence-electron chi connectivity index (χ2n) is 8.16. The molecule has 0 saturated carbocycles. The molecule has 0 radical (unpaired) electrons. The van der Waals surface area contributed by atoms with Crippen LogP contribution in [0.5, 0.6) is 5.88 Å². The van der Waals surface area contributed by atoms with Gasteiger partial charge in [0.05, 0.1) is 31.8 Å². The van der Waals surface area contributed by atoms with Crippen molar-refractivity contribution >= 4 is 22.5 Å². The monoisotopic (exact) mass is 460 g/mol. The van der Waals surface area contributed by atoms with Crippen LogP contribution in [0.4, 0.5) is 19.1 Å². The number of ether oxygens (including phenoxy) is 1. The summed E-state index contributed by atoms with van der Waals surface area (Å²) in [5.74, 6) is -2.59. The SMILES string of the molecule is COc1nc(NC2CCN(C)CC2(F)F)nn2ccc(-c3ccc4nnn(CCF)c4c3)c12.